The highest BCUT2D eigenvalue weighted by atomic mass is 16.2. The van der Waals surface area contributed by atoms with E-state index in [4.69, 9.17) is 9.97 Å². The lowest BCUT2D eigenvalue weighted by Gasteiger charge is -2.47. The van der Waals surface area contributed by atoms with Gasteiger partial charge in [0, 0.05) is 83.6 Å². The number of carbonyl (C=O) groups is 3. The minimum absolute atomic E-state index is 0.0272. The molecule has 4 aliphatic rings. The zero-order valence-electron chi connectivity index (χ0n) is 31.6. The molecule has 6 heterocycles. The zero-order valence-corrected chi connectivity index (χ0v) is 31.6. The fourth-order valence-electron chi connectivity index (χ4n) is 9.22. The number of carbonyl (C=O) groups excluding carboxylic acids is 3. The highest BCUT2D eigenvalue weighted by Gasteiger charge is 2.37. The maximum atomic E-state index is 13.4. The summed E-state index contributed by atoms with van der Waals surface area (Å²) >= 11 is 0. The number of imidazole rings is 1. The Morgan fingerprint density at radius 3 is 2.40 bits per heavy atom. The van der Waals surface area contributed by atoms with Gasteiger partial charge in [-0.05, 0) is 67.9 Å². The van der Waals surface area contributed by atoms with Gasteiger partial charge >= 0.3 is 5.69 Å². The topological polar surface area (TPSA) is 156 Å². The van der Waals surface area contributed by atoms with Gasteiger partial charge in [-0.25, -0.2) is 14.8 Å². The van der Waals surface area contributed by atoms with Crippen LogP contribution in [0.3, 0.4) is 0 Å². The Morgan fingerprint density at radius 1 is 0.909 bits per heavy atom. The third kappa shape index (κ3) is 6.23. The Hall–Kier alpha value is -5.57. The number of amides is 3. The second-order valence-corrected chi connectivity index (χ2v) is 15.8. The van der Waals surface area contributed by atoms with Crippen molar-refractivity contribution in [1.29, 1.82) is 0 Å². The number of rotatable bonds is 8. The fraction of sp³-hybridized carbons (Fsp3) is 0.475. The van der Waals surface area contributed by atoms with Crippen LogP contribution < -0.4 is 21.2 Å². The molecule has 5 aromatic rings. The quantitative estimate of drug-likeness (QED) is 0.222. The van der Waals surface area contributed by atoms with E-state index in [9.17, 15) is 19.2 Å². The number of aromatic nitrogens is 6. The summed E-state index contributed by atoms with van der Waals surface area (Å²) in [6.45, 7) is 3.53. The molecular weight excluding hydrogens is 699 g/mol. The number of piperazine rings is 1. The van der Waals surface area contributed by atoms with Crippen LogP contribution in [0.1, 0.15) is 85.4 Å². The Labute approximate surface area is 318 Å². The summed E-state index contributed by atoms with van der Waals surface area (Å²) in [7, 11) is 5.32. The molecule has 2 saturated heterocycles. The Balaban J connectivity index is 0.827. The van der Waals surface area contributed by atoms with Crippen LogP contribution in [0.15, 0.2) is 53.6 Å². The summed E-state index contributed by atoms with van der Waals surface area (Å²) in [5.41, 5.74) is 4.94. The summed E-state index contributed by atoms with van der Waals surface area (Å²) in [6.07, 6.45) is 10.8. The number of benzene rings is 1. The monoisotopic (exact) mass is 745 g/mol. The smallest absolute Gasteiger partial charge is 0.329 e. The molecule has 1 aromatic carbocycles. The maximum Gasteiger partial charge on any atom is 0.329 e. The Morgan fingerprint density at radius 2 is 1.69 bits per heavy atom. The molecule has 4 fully saturated rings. The van der Waals surface area contributed by atoms with Crippen molar-refractivity contribution >= 4 is 57.2 Å². The molecule has 4 aromatic heterocycles. The van der Waals surface area contributed by atoms with Gasteiger partial charge < -0.3 is 19.7 Å². The minimum Gasteiger partial charge on any atom is -0.367 e. The van der Waals surface area contributed by atoms with Crippen molar-refractivity contribution < 1.29 is 14.4 Å². The number of piperidine rings is 1. The van der Waals surface area contributed by atoms with Crippen molar-refractivity contribution in [2.45, 2.75) is 75.4 Å². The van der Waals surface area contributed by atoms with Crippen LogP contribution in [0.4, 0.5) is 17.5 Å². The van der Waals surface area contributed by atoms with Gasteiger partial charge in [0.2, 0.25) is 17.8 Å². The molecule has 3 amide bonds. The highest BCUT2D eigenvalue weighted by molar-refractivity contribution is 6.01. The third-order valence-electron chi connectivity index (χ3n) is 12.3. The van der Waals surface area contributed by atoms with Crippen molar-refractivity contribution in [3.05, 3.63) is 70.5 Å². The SMILES string of the molecule is CN(C)C(=O)c1cc2cnc(Nc3ccc(C4CC(N5CCN(c6cccc7c6n(C)c(=O)n7[C@H]6CCC(=O)NC6=O)CC5)C4)cn3)nc2n1C1CCCC1. The summed E-state index contributed by atoms with van der Waals surface area (Å²) in [6, 6.07) is 12.0. The molecule has 2 saturated carbocycles. The first-order valence-corrected chi connectivity index (χ1v) is 19.5. The van der Waals surface area contributed by atoms with Crippen molar-refractivity contribution in [3.63, 3.8) is 0 Å². The van der Waals surface area contributed by atoms with E-state index in [0.29, 0.717) is 41.4 Å². The number of nitrogens with one attached hydrogen (secondary N) is 2. The average Bonchev–Trinajstić information content (AvgIpc) is 3.89. The van der Waals surface area contributed by atoms with Crippen LogP contribution in [-0.4, -0.2) is 102 Å². The lowest BCUT2D eigenvalue weighted by atomic mass is 9.75. The molecular formula is C40H47N11O4. The molecule has 15 heteroatoms. The number of imide groups is 1. The number of pyridine rings is 1. The standard InChI is InChI=1S/C40H47N11O4/c1-46(2)38(54)32-21-26-23-42-39(45-36(26)50(32)27-7-4-5-8-27)43-33-13-11-24(22-41-33)25-19-28(20-25)48-15-17-49(18-16-48)29-9-6-10-30-35(29)47(3)40(55)51(30)31-12-14-34(52)44-37(31)53/h6,9-11,13,21-23,25,27-28,31H,4-5,7-8,12,14-20H2,1-3H3,(H,44,52,53)(H,41,42,43,45)/t25?,28?,31-/m0/s1. The lowest BCUT2D eigenvalue weighted by Crippen LogP contribution is -2.53. The van der Waals surface area contributed by atoms with E-state index in [-0.39, 0.29) is 30.0 Å². The van der Waals surface area contributed by atoms with E-state index >= 15 is 0 Å². The molecule has 1 atom stereocenters. The van der Waals surface area contributed by atoms with Gasteiger partial charge in [-0.1, -0.05) is 25.0 Å². The second-order valence-electron chi connectivity index (χ2n) is 15.8. The van der Waals surface area contributed by atoms with Gasteiger partial charge in [-0.15, -0.1) is 0 Å². The van der Waals surface area contributed by atoms with Gasteiger partial charge in [-0.2, -0.15) is 4.98 Å². The maximum absolute atomic E-state index is 13.4. The molecule has 0 bridgehead atoms. The zero-order chi connectivity index (χ0) is 38.0. The summed E-state index contributed by atoms with van der Waals surface area (Å²) in [5.74, 6) is 0.848. The third-order valence-corrected chi connectivity index (χ3v) is 12.3. The van der Waals surface area contributed by atoms with Crippen molar-refractivity contribution in [2.75, 3.05) is 50.5 Å². The first-order chi connectivity index (χ1) is 26.6. The molecule has 0 spiro atoms. The first kappa shape index (κ1) is 35.2. The fourth-order valence-corrected chi connectivity index (χ4v) is 9.22. The molecule has 0 unspecified atom stereocenters. The Bertz CT molecular complexity index is 2360. The van der Waals surface area contributed by atoms with E-state index in [0.717, 1.165) is 86.9 Å². The van der Waals surface area contributed by atoms with E-state index < -0.39 is 11.9 Å². The van der Waals surface area contributed by atoms with Crippen LogP contribution in [0, 0.1) is 0 Å². The van der Waals surface area contributed by atoms with Crippen molar-refractivity contribution in [1.82, 2.24) is 43.8 Å². The number of para-hydroxylation sites is 1. The summed E-state index contributed by atoms with van der Waals surface area (Å²) in [4.78, 5) is 71.7. The number of hydrogen-bond donors (Lipinski definition) is 2. The molecule has 15 nitrogen and oxygen atoms in total. The molecule has 286 valence electrons. The van der Waals surface area contributed by atoms with Crippen LogP contribution in [0.2, 0.25) is 0 Å². The van der Waals surface area contributed by atoms with Crippen LogP contribution in [0.25, 0.3) is 22.1 Å². The van der Waals surface area contributed by atoms with Crippen LogP contribution in [-0.2, 0) is 16.6 Å². The van der Waals surface area contributed by atoms with Crippen molar-refractivity contribution in [2.24, 2.45) is 7.05 Å². The lowest BCUT2D eigenvalue weighted by molar-refractivity contribution is -0.135. The largest absolute Gasteiger partial charge is 0.367 e. The molecule has 2 N–H and O–H groups in total. The second kappa shape index (κ2) is 13.9. The van der Waals surface area contributed by atoms with Gasteiger partial charge in [0.15, 0.2) is 0 Å². The minimum atomic E-state index is -0.699. The van der Waals surface area contributed by atoms with Gasteiger partial charge in [0.1, 0.15) is 23.2 Å². The first-order valence-electron chi connectivity index (χ1n) is 19.5. The van der Waals surface area contributed by atoms with E-state index in [1.54, 1.807) is 41.4 Å². The predicted molar refractivity (Wildman–Crippen MR) is 209 cm³/mol. The normalized spacial score (nSPS) is 22.3. The molecule has 9 rings (SSSR count). The predicted octanol–water partition coefficient (Wildman–Crippen LogP) is 4.09. The van der Waals surface area contributed by atoms with Gasteiger partial charge in [0.05, 0.1) is 16.7 Å². The van der Waals surface area contributed by atoms with Crippen LogP contribution in [0.5, 0.6) is 0 Å². The number of fused-ring (bicyclic) bond motifs is 2. The number of aryl methyl sites for hydroxylation is 1. The van der Waals surface area contributed by atoms with Crippen LogP contribution >= 0.6 is 0 Å². The van der Waals surface area contributed by atoms with Crippen molar-refractivity contribution in [3.8, 4) is 0 Å². The number of anilines is 3. The van der Waals surface area contributed by atoms with Gasteiger partial charge in [-0.3, -0.25) is 33.7 Å². The number of nitrogens with zero attached hydrogens (tertiary/aromatic N) is 9. The average molecular weight is 746 g/mol. The summed E-state index contributed by atoms with van der Waals surface area (Å²) < 4.78 is 5.31. The summed E-state index contributed by atoms with van der Waals surface area (Å²) in [5, 5.41) is 6.54. The van der Waals surface area contributed by atoms with Gasteiger partial charge in [0.25, 0.3) is 5.91 Å². The van der Waals surface area contributed by atoms with E-state index in [1.807, 2.05) is 30.5 Å². The number of hydrogen-bond acceptors (Lipinski definition) is 10. The molecule has 2 aliphatic heterocycles. The Kier molecular flexibility index (Phi) is 8.90. The molecule has 2 aliphatic carbocycles. The van der Waals surface area contributed by atoms with E-state index in [1.165, 1.54) is 5.56 Å². The highest BCUT2D eigenvalue weighted by Crippen LogP contribution is 2.41. The van der Waals surface area contributed by atoms with E-state index in [2.05, 4.69) is 42.1 Å². The molecule has 0 radical (unpaired) electrons. The molecule has 55 heavy (non-hydrogen) atoms.